The van der Waals surface area contributed by atoms with E-state index in [0.717, 1.165) is 15.7 Å². The van der Waals surface area contributed by atoms with Crippen LogP contribution in [0, 0.1) is 0 Å². The number of aromatic nitrogens is 1. The van der Waals surface area contributed by atoms with Crippen LogP contribution in [0.25, 0.3) is 0 Å². The second-order valence-electron chi connectivity index (χ2n) is 3.21. The van der Waals surface area contributed by atoms with Crippen LogP contribution in [0.3, 0.4) is 0 Å². The van der Waals surface area contributed by atoms with E-state index in [4.69, 9.17) is 5.11 Å². The third-order valence-electron chi connectivity index (χ3n) is 2.28. The van der Waals surface area contributed by atoms with Crippen molar-refractivity contribution in [1.29, 1.82) is 0 Å². The fraction of sp³-hybridized carbons (Fsp3) is 0.333. The van der Waals surface area contributed by atoms with E-state index in [0.29, 0.717) is 19.5 Å². The van der Waals surface area contributed by atoms with Crippen LogP contribution in [0.5, 0.6) is 0 Å². The predicted octanol–water partition coefficient (Wildman–Crippen LogP) is 1.88. The molecule has 1 aromatic rings. The highest BCUT2D eigenvalue weighted by Gasteiger charge is 2.20. The van der Waals surface area contributed by atoms with Crippen molar-refractivity contribution in [1.82, 2.24) is 9.88 Å². The van der Waals surface area contributed by atoms with Gasteiger partial charge in [0.2, 0.25) is 0 Å². The fourth-order valence-corrected chi connectivity index (χ4v) is 1.94. The van der Waals surface area contributed by atoms with E-state index in [1.807, 2.05) is 6.07 Å². The molecule has 2 rings (SSSR count). The van der Waals surface area contributed by atoms with Gasteiger partial charge in [0.1, 0.15) is 0 Å². The van der Waals surface area contributed by atoms with Gasteiger partial charge in [0.25, 0.3) is 0 Å². The predicted molar refractivity (Wildman–Crippen MR) is 54.1 cm³/mol. The largest absolute Gasteiger partial charge is 0.465 e. The Hall–Kier alpha value is -1.10. The molecule has 0 saturated carbocycles. The lowest BCUT2D eigenvalue weighted by molar-refractivity contribution is 0.139. The zero-order valence-electron chi connectivity index (χ0n) is 7.40. The number of hydrogen-bond acceptors (Lipinski definition) is 2. The molecule has 0 aliphatic carbocycles. The summed E-state index contributed by atoms with van der Waals surface area (Å²) in [5.41, 5.74) is 2.00. The normalized spacial score (nSPS) is 15.1. The molecule has 74 valence electrons. The van der Waals surface area contributed by atoms with Gasteiger partial charge in [-0.3, -0.25) is 4.98 Å². The first-order chi connectivity index (χ1) is 6.66. The Kier molecular flexibility index (Phi) is 2.41. The molecular formula is C9H9BrN2O2. The molecule has 4 nitrogen and oxygen atoms in total. The molecule has 14 heavy (non-hydrogen) atoms. The Balaban J connectivity index is 2.29. The Labute approximate surface area is 89.7 Å². The lowest BCUT2D eigenvalue weighted by Crippen LogP contribution is -2.35. The zero-order chi connectivity index (χ0) is 10.1. The van der Waals surface area contributed by atoms with E-state index >= 15 is 0 Å². The number of pyridine rings is 1. The fourth-order valence-electron chi connectivity index (χ4n) is 1.56. The van der Waals surface area contributed by atoms with Crippen molar-refractivity contribution >= 4 is 22.0 Å². The van der Waals surface area contributed by atoms with Gasteiger partial charge in [0.05, 0.1) is 6.54 Å². The molecule has 1 N–H and O–H groups in total. The van der Waals surface area contributed by atoms with Gasteiger partial charge in [-0.05, 0) is 27.6 Å². The summed E-state index contributed by atoms with van der Waals surface area (Å²) in [6.07, 6.45) is 1.58. The maximum Gasteiger partial charge on any atom is 0.407 e. The minimum absolute atomic E-state index is 0.442. The molecule has 1 aliphatic heterocycles. The lowest BCUT2D eigenvalue weighted by atomic mass is 10.1. The van der Waals surface area contributed by atoms with Gasteiger partial charge in [-0.15, -0.1) is 0 Å². The van der Waals surface area contributed by atoms with Crippen LogP contribution in [0.15, 0.2) is 16.7 Å². The third kappa shape index (κ3) is 1.72. The first-order valence-corrected chi connectivity index (χ1v) is 5.07. The summed E-state index contributed by atoms with van der Waals surface area (Å²) in [6.45, 7) is 0.980. The van der Waals surface area contributed by atoms with Crippen LogP contribution >= 0.6 is 15.9 Å². The smallest absolute Gasteiger partial charge is 0.407 e. The monoisotopic (exact) mass is 256 g/mol. The van der Waals surface area contributed by atoms with Gasteiger partial charge in [-0.25, -0.2) is 4.79 Å². The number of fused-ring (bicyclic) bond motifs is 1. The van der Waals surface area contributed by atoms with Gasteiger partial charge >= 0.3 is 6.09 Å². The quantitative estimate of drug-likeness (QED) is 0.772. The second kappa shape index (κ2) is 3.57. The molecule has 1 aliphatic rings. The van der Waals surface area contributed by atoms with Crippen molar-refractivity contribution in [2.45, 2.75) is 13.0 Å². The molecule has 0 saturated heterocycles. The standard InChI is InChI=1S/C9H9BrN2O2/c10-7-3-6-5-12(9(13)14)2-1-8(6)11-4-7/h3-4H,1-2,5H2,(H,13,14). The first-order valence-electron chi connectivity index (χ1n) is 4.28. The summed E-state index contributed by atoms with van der Waals surface area (Å²) in [7, 11) is 0. The van der Waals surface area contributed by atoms with Crippen molar-refractivity contribution in [2.24, 2.45) is 0 Å². The first kappa shape index (κ1) is 9.45. The topological polar surface area (TPSA) is 53.4 Å². The summed E-state index contributed by atoms with van der Waals surface area (Å²) in [5, 5.41) is 8.83. The molecule has 1 aromatic heterocycles. The van der Waals surface area contributed by atoms with E-state index in [1.54, 1.807) is 6.20 Å². The Morgan fingerprint density at radius 2 is 2.43 bits per heavy atom. The summed E-state index contributed by atoms with van der Waals surface area (Å²) in [4.78, 5) is 16.4. The third-order valence-corrected chi connectivity index (χ3v) is 2.71. The number of halogens is 1. The maximum absolute atomic E-state index is 10.7. The molecule has 0 atom stereocenters. The SMILES string of the molecule is O=C(O)N1CCc2ncc(Br)cc2C1. The van der Waals surface area contributed by atoms with E-state index in [9.17, 15) is 4.79 Å². The highest BCUT2D eigenvalue weighted by atomic mass is 79.9. The minimum Gasteiger partial charge on any atom is -0.465 e. The number of carboxylic acid groups (broad SMARTS) is 1. The molecule has 5 heteroatoms. The summed E-state index contributed by atoms with van der Waals surface area (Å²) in [6, 6.07) is 1.93. The van der Waals surface area contributed by atoms with Crippen molar-refractivity contribution in [3.63, 3.8) is 0 Å². The molecule has 0 aromatic carbocycles. The van der Waals surface area contributed by atoms with Crippen LogP contribution in [-0.2, 0) is 13.0 Å². The molecular weight excluding hydrogens is 248 g/mol. The van der Waals surface area contributed by atoms with Crippen LogP contribution in [-0.4, -0.2) is 27.6 Å². The highest BCUT2D eigenvalue weighted by molar-refractivity contribution is 9.10. The van der Waals surface area contributed by atoms with Gasteiger partial charge < -0.3 is 10.0 Å². The minimum atomic E-state index is -0.865. The number of nitrogens with zero attached hydrogens (tertiary/aromatic N) is 2. The molecule has 0 fully saturated rings. The van der Waals surface area contributed by atoms with Crippen molar-refractivity contribution in [3.05, 3.63) is 28.0 Å². The Morgan fingerprint density at radius 1 is 1.64 bits per heavy atom. The van der Waals surface area contributed by atoms with E-state index in [2.05, 4.69) is 20.9 Å². The van der Waals surface area contributed by atoms with Crippen LogP contribution in [0.4, 0.5) is 4.79 Å². The van der Waals surface area contributed by atoms with Crippen LogP contribution < -0.4 is 0 Å². The number of amides is 1. The number of hydrogen-bond donors (Lipinski definition) is 1. The van der Waals surface area contributed by atoms with Gasteiger partial charge in [0, 0.05) is 29.3 Å². The van der Waals surface area contributed by atoms with Crippen molar-refractivity contribution < 1.29 is 9.90 Å². The van der Waals surface area contributed by atoms with Crippen molar-refractivity contribution in [3.8, 4) is 0 Å². The van der Waals surface area contributed by atoms with E-state index in [-0.39, 0.29) is 0 Å². The Bertz CT molecular complexity index is 381. The average Bonchev–Trinajstić information content (AvgIpc) is 2.16. The van der Waals surface area contributed by atoms with Gasteiger partial charge in [-0.2, -0.15) is 0 Å². The van der Waals surface area contributed by atoms with Crippen LogP contribution in [0.1, 0.15) is 11.3 Å². The molecule has 1 amide bonds. The molecule has 0 bridgehead atoms. The Morgan fingerprint density at radius 3 is 3.14 bits per heavy atom. The van der Waals surface area contributed by atoms with E-state index < -0.39 is 6.09 Å². The zero-order valence-corrected chi connectivity index (χ0v) is 8.99. The lowest BCUT2D eigenvalue weighted by Gasteiger charge is -2.25. The average molecular weight is 257 g/mol. The number of carbonyl (C=O) groups is 1. The van der Waals surface area contributed by atoms with Gasteiger partial charge in [0.15, 0.2) is 0 Å². The molecule has 0 radical (unpaired) electrons. The summed E-state index contributed by atoms with van der Waals surface area (Å²) < 4.78 is 0.892. The van der Waals surface area contributed by atoms with Crippen molar-refractivity contribution in [2.75, 3.05) is 6.54 Å². The number of rotatable bonds is 0. The van der Waals surface area contributed by atoms with E-state index in [1.165, 1.54) is 4.90 Å². The van der Waals surface area contributed by atoms with Crippen LogP contribution in [0.2, 0.25) is 0 Å². The second-order valence-corrected chi connectivity index (χ2v) is 4.13. The summed E-state index contributed by atoms with van der Waals surface area (Å²) >= 11 is 3.32. The molecule has 2 heterocycles. The van der Waals surface area contributed by atoms with Gasteiger partial charge in [-0.1, -0.05) is 0 Å². The molecule has 0 spiro atoms. The highest BCUT2D eigenvalue weighted by Crippen LogP contribution is 2.20. The molecule has 0 unspecified atom stereocenters. The summed E-state index contributed by atoms with van der Waals surface area (Å²) in [5.74, 6) is 0. The maximum atomic E-state index is 10.7.